The van der Waals surface area contributed by atoms with Crippen molar-refractivity contribution in [3.8, 4) is 11.5 Å². The van der Waals surface area contributed by atoms with Gasteiger partial charge in [0.05, 0.1) is 11.0 Å². The maximum Gasteiger partial charge on any atom is 0.336 e. The highest BCUT2D eigenvalue weighted by atomic mass is 16.5. The minimum absolute atomic E-state index is 0.0220. The number of hydrogen-bond acceptors (Lipinski definition) is 6. The fraction of sp³-hybridized carbons (Fsp3) is 0.524. The second-order valence-electron chi connectivity index (χ2n) is 8.06. The summed E-state index contributed by atoms with van der Waals surface area (Å²) in [5, 5.41) is 21.8. The van der Waals surface area contributed by atoms with Gasteiger partial charge in [-0.05, 0) is 25.8 Å². The Kier molecular flexibility index (Phi) is 4.80. The van der Waals surface area contributed by atoms with E-state index in [9.17, 15) is 19.8 Å². The fourth-order valence-corrected chi connectivity index (χ4v) is 3.55. The van der Waals surface area contributed by atoms with Gasteiger partial charge in [-0.25, -0.2) is 4.79 Å². The summed E-state index contributed by atoms with van der Waals surface area (Å²) >= 11 is 0. The van der Waals surface area contributed by atoms with E-state index in [1.165, 1.54) is 6.07 Å². The lowest BCUT2D eigenvalue weighted by Gasteiger charge is -2.24. The molecule has 0 amide bonds. The molecule has 1 aliphatic heterocycles. The van der Waals surface area contributed by atoms with Crippen LogP contribution in [0, 0.1) is 5.92 Å². The summed E-state index contributed by atoms with van der Waals surface area (Å²) in [4.78, 5) is 24.9. The third kappa shape index (κ3) is 3.23. The van der Waals surface area contributed by atoms with Gasteiger partial charge in [0, 0.05) is 24.0 Å². The molecule has 0 spiro atoms. The number of ketones is 1. The van der Waals surface area contributed by atoms with Crippen LogP contribution in [0.15, 0.2) is 15.3 Å². The Morgan fingerprint density at radius 3 is 2.59 bits per heavy atom. The molecule has 1 aliphatic rings. The summed E-state index contributed by atoms with van der Waals surface area (Å²) in [5.74, 6) is -0.518. The Bertz CT molecular complexity index is 962. The number of ether oxygens (including phenoxy) is 1. The van der Waals surface area contributed by atoms with Crippen LogP contribution in [-0.2, 0) is 12.8 Å². The van der Waals surface area contributed by atoms with Crippen molar-refractivity contribution < 1.29 is 24.2 Å². The van der Waals surface area contributed by atoms with Crippen molar-refractivity contribution in [2.24, 2.45) is 5.92 Å². The SMILES string of the molecule is CCCc1cc(=O)oc2c(C(=O)C(C)C)c(O)c3c(c12)OC(C(C)(C)O)C3. The van der Waals surface area contributed by atoms with Gasteiger partial charge in [-0.1, -0.05) is 27.2 Å². The average Bonchev–Trinajstić information content (AvgIpc) is 3.00. The van der Waals surface area contributed by atoms with Crippen molar-refractivity contribution >= 4 is 16.8 Å². The minimum Gasteiger partial charge on any atom is -0.507 e. The molecule has 1 aromatic carbocycles. The average molecular weight is 374 g/mol. The number of phenols is 1. The number of phenolic OH excluding ortho intramolecular Hbond substituents is 1. The molecule has 2 aromatic rings. The van der Waals surface area contributed by atoms with Crippen LogP contribution in [0.5, 0.6) is 11.5 Å². The maximum absolute atomic E-state index is 12.8. The highest BCUT2D eigenvalue weighted by Crippen LogP contribution is 2.48. The van der Waals surface area contributed by atoms with Gasteiger partial charge in [-0.2, -0.15) is 0 Å². The molecule has 0 fully saturated rings. The number of Topliss-reactive ketones (excluding diaryl/α,β-unsaturated/α-hetero) is 1. The molecule has 2 N–H and O–H groups in total. The van der Waals surface area contributed by atoms with E-state index < -0.39 is 17.3 Å². The quantitative estimate of drug-likeness (QED) is 0.615. The van der Waals surface area contributed by atoms with E-state index in [-0.39, 0.29) is 35.0 Å². The Morgan fingerprint density at radius 1 is 1.37 bits per heavy atom. The number of aromatic hydroxyl groups is 1. The molecule has 27 heavy (non-hydrogen) atoms. The molecule has 2 heterocycles. The molecule has 0 saturated heterocycles. The predicted octanol–water partition coefficient (Wildman–Crippen LogP) is 3.36. The van der Waals surface area contributed by atoms with E-state index >= 15 is 0 Å². The lowest BCUT2D eigenvalue weighted by Crippen LogP contribution is -2.39. The van der Waals surface area contributed by atoms with Crippen molar-refractivity contribution in [2.45, 2.75) is 65.6 Å². The number of benzene rings is 1. The zero-order valence-electron chi connectivity index (χ0n) is 16.4. The minimum atomic E-state index is -1.14. The summed E-state index contributed by atoms with van der Waals surface area (Å²) in [5.41, 5.74) is -0.425. The molecule has 1 aromatic heterocycles. The first-order chi connectivity index (χ1) is 12.6. The summed E-state index contributed by atoms with van der Waals surface area (Å²) in [6, 6.07) is 1.41. The molecule has 1 unspecified atom stereocenters. The second-order valence-corrected chi connectivity index (χ2v) is 8.06. The van der Waals surface area contributed by atoms with Gasteiger partial charge in [-0.3, -0.25) is 4.79 Å². The highest BCUT2D eigenvalue weighted by molar-refractivity contribution is 6.12. The Labute approximate surface area is 157 Å². The molecule has 3 rings (SSSR count). The van der Waals surface area contributed by atoms with Gasteiger partial charge in [0.25, 0.3) is 0 Å². The van der Waals surface area contributed by atoms with Crippen LogP contribution in [0.3, 0.4) is 0 Å². The maximum atomic E-state index is 12.8. The van der Waals surface area contributed by atoms with Crippen molar-refractivity contribution in [2.75, 3.05) is 0 Å². The molecule has 0 radical (unpaired) electrons. The van der Waals surface area contributed by atoms with Crippen LogP contribution >= 0.6 is 0 Å². The fourth-order valence-electron chi connectivity index (χ4n) is 3.55. The van der Waals surface area contributed by atoms with Gasteiger partial charge < -0.3 is 19.4 Å². The van der Waals surface area contributed by atoms with Crippen molar-refractivity contribution in [1.82, 2.24) is 0 Å². The number of hydrogen-bond donors (Lipinski definition) is 2. The first-order valence-corrected chi connectivity index (χ1v) is 9.34. The smallest absolute Gasteiger partial charge is 0.336 e. The number of fused-ring (bicyclic) bond motifs is 3. The second kappa shape index (κ2) is 6.68. The standard InChI is InChI=1S/C21H26O6/c1-6-7-11-8-14(22)27-20-15(11)19-12(9-13(26-19)21(4,5)25)18(24)16(20)17(23)10(2)3/h8,10,13,24-25H,6-7,9H2,1-5H3. The summed E-state index contributed by atoms with van der Waals surface area (Å²) in [6.45, 7) is 8.71. The summed E-state index contributed by atoms with van der Waals surface area (Å²) in [7, 11) is 0. The van der Waals surface area contributed by atoms with E-state index in [2.05, 4.69) is 0 Å². The van der Waals surface area contributed by atoms with Crippen LogP contribution in [0.1, 0.15) is 62.5 Å². The van der Waals surface area contributed by atoms with Gasteiger partial charge in [0.1, 0.15) is 23.2 Å². The monoisotopic (exact) mass is 374 g/mol. The van der Waals surface area contributed by atoms with Crippen molar-refractivity contribution in [1.29, 1.82) is 0 Å². The van der Waals surface area contributed by atoms with Gasteiger partial charge >= 0.3 is 5.63 Å². The van der Waals surface area contributed by atoms with Crippen molar-refractivity contribution in [3.05, 3.63) is 33.2 Å². The molecule has 6 heteroatoms. The van der Waals surface area contributed by atoms with Gasteiger partial charge in [0.15, 0.2) is 11.4 Å². The largest absolute Gasteiger partial charge is 0.507 e. The zero-order valence-corrected chi connectivity index (χ0v) is 16.4. The molecule has 0 bridgehead atoms. The first kappa shape index (κ1) is 19.4. The number of carbonyl (C=O) groups is 1. The van der Waals surface area contributed by atoms with Crippen LogP contribution in [0.2, 0.25) is 0 Å². The highest BCUT2D eigenvalue weighted by Gasteiger charge is 2.40. The van der Waals surface area contributed by atoms with Gasteiger partial charge in [-0.15, -0.1) is 0 Å². The van der Waals surface area contributed by atoms with E-state index in [4.69, 9.17) is 9.15 Å². The number of rotatable bonds is 5. The van der Waals surface area contributed by atoms with E-state index in [0.29, 0.717) is 28.7 Å². The van der Waals surface area contributed by atoms with E-state index in [1.54, 1.807) is 27.7 Å². The summed E-state index contributed by atoms with van der Waals surface area (Å²) < 4.78 is 11.4. The molecular weight excluding hydrogens is 348 g/mol. The predicted molar refractivity (Wildman–Crippen MR) is 102 cm³/mol. The Hall–Kier alpha value is -2.34. The first-order valence-electron chi connectivity index (χ1n) is 9.34. The normalized spacial score (nSPS) is 16.6. The molecule has 0 aliphatic carbocycles. The topological polar surface area (TPSA) is 97.0 Å². The lowest BCUT2D eigenvalue weighted by atomic mass is 9.90. The van der Waals surface area contributed by atoms with Crippen LogP contribution in [0.25, 0.3) is 11.0 Å². The van der Waals surface area contributed by atoms with Crippen LogP contribution in [-0.4, -0.2) is 27.7 Å². The number of carbonyl (C=O) groups excluding carboxylic acids is 1. The molecular formula is C21H26O6. The molecule has 146 valence electrons. The number of aliphatic hydroxyl groups is 1. The number of aryl methyl sites for hydroxylation is 1. The van der Waals surface area contributed by atoms with Crippen LogP contribution < -0.4 is 10.4 Å². The molecule has 6 nitrogen and oxygen atoms in total. The van der Waals surface area contributed by atoms with E-state index in [0.717, 1.165) is 6.42 Å². The lowest BCUT2D eigenvalue weighted by molar-refractivity contribution is -0.0225. The third-order valence-corrected chi connectivity index (χ3v) is 5.02. The van der Waals surface area contributed by atoms with E-state index in [1.807, 2.05) is 6.92 Å². The summed E-state index contributed by atoms with van der Waals surface area (Å²) in [6.07, 6.45) is 1.08. The third-order valence-electron chi connectivity index (χ3n) is 5.02. The van der Waals surface area contributed by atoms with Crippen LogP contribution in [0.4, 0.5) is 0 Å². The van der Waals surface area contributed by atoms with Gasteiger partial charge in [0.2, 0.25) is 0 Å². The molecule has 0 saturated carbocycles. The molecule has 1 atom stereocenters. The zero-order chi connectivity index (χ0) is 20.1. The Morgan fingerprint density at radius 2 is 2.04 bits per heavy atom. The van der Waals surface area contributed by atoms with Crippen molar-refractivity contribution in [3.63, 3.8) is 0 Å². The Balaban J connectivity index is 2.42.